The van der Waals surface area contributed by atoms with Crippen molar-refractivity contribution in [3.63, 3.8) is 0 Å². The van der Waals surface area contributed by atoms with Crippen LogP contribution in [0.2, 0.25) is 0 Å². The fourth-order valence-corrected chi connectivity index (χ4v) is 3.03. The molecule has 3 heterocycles. The first-order valence-corrected chi connectivity index (χ1v) is 8.24. The molecule has 1 amide bonds. The van der Waals surface area contributed by atoms with Gasteiger partial charge in [-0.15, -0.1) is 0 Å². The van der Waals surface area contributed by atoms with Gasteiger partial charge < -0.3 is 15.4 Å². The van der Waals surface area contributed by atoms with Gasteiger partial charge in [-0.2, -0.15) is 10.1 Å². The van der Waals surface area contributed by atoms with Crippen LogP contribution in [0.1, 0.15) is 39.6 Å². The molecule has 0 fully saturated rings. The van der Waals surface area contributed by atoms with Crippen molar-refractivity contribution in [2.75, 3.05) is 6.54 Å². The van der Waals surface area contributed by atoms with Crippen LogP contribution in [-0.2, 0) is 19.6 Å². The average Bonchev–Trinajstić information content (AvgIpc) is 3.28. The molecule has 1 aliphatic heterocycles. The van der Waals surface area contributed by atoms with E-state index in [0.717, 1.165) is 17.8 Å². The number of benzene rings is 1. The summed E-state index contributed by atoms with van der Waals surface area (Å²) in [6, 6.07) is 11.4. The number of amides is 1. The molecule has 26 heavy (non-hydrogen) atoms. The number of primary amides is 1. The molecule has 1 aliphatic rings. The summed E-state index contributed by atoms with van der Waals surface area (Å²) in [4.78, 5) is 17.1. The van der Waals surface area contributed by atoms with Gasteiger partial charge in [0.25, 0.3) is 11.7 Å². The van der Waals surface area contributed by atoms with Gasteiger partial charge in [0.2, 0.25) is 5.89 Å². The van der Waals surface area contributed by atoms with Gasteiger partial charge in [0.15, 0.2) is 0 Å². The molecule has 1 atom stereocenters. The molecule has 1 unspecified atom stereocenters. The molecule has 9 heteroatoms. The third-order valence-electron chi connectivity index (χ3n) is 4.34. The maximum atomic E-state index is 11.0. The Morgan fingerprint density at radius 2 is 2.12 bits per heavy atom. The number of nitrogens with zero attached hydrogens (tertiary/aromatic N) is 5. The Balaban J connectivity index is 1.47. The summed E-state index contributed by atoms with van der Waals surface area (Å²) in [5.74, 6) is -0.483. The lowest BCUT2D eigenvalue weighted by Gasteiger charge is -2.25. The zero-order chi connectivity index (χ0) is 18.1. The van der Waals surface area contributed by atoms with E-state index in [2.05, 4.69) is 20.1 Å². The van der Waals surface area contributed by atoms with Crippen molar-refractivity contribution >= 4 is 5.91 Å². The topological polar surface area (TPSA) is 123 Å². The van der Waals surface area contributed by atoms with Crippen molar-refractivity contribution < 1.29 is 14.4 Å². The third kappa shape index (κ3) is 3.22. The summed E-state index contributed by atoms with van der Waals surface area (Å²) in [6.07, 6.45) is -0.753. The van der Waals surface area contributed by atoms with E-state index in [4.69, 9.17) is 10.3 Å². The Labute approximate surface area is 149 Å². The number of fused-ring (bicyclic) bond motifs is 1. The first-order chi connectivity index (χ1) is 12.6. The van der Waals surface area contributed by atoms with E-state index in [9.17, 15) is 9.90 Å². The van der Waals surface area contributed by atoms with Gasteiger partial charge in [-0.05, 0) is 11.6 Å². The number of carbonyl (C=O) groups excluding carboxylic acids is 1. The molecule has 4 rings (SSSR count). The van der Waals surface area contributed by atoms with Crippen LogP contribution in [0.5, 0.6) is 0 Å². The second kappa shape index (κ2) is 6.70. The van der Waals surface area contributed by atoms with Gasteiger partial charge in [-0.3, -0.25) is 14.4 Å². The quantitative estimate of drug-likeness (QED) is 0.682. The highest BCUT2D eigenvalue weighted by molar-refractivity contribution is 5.88. The number of nitrogens with two attached hydrogens (primary N) is 1. The molecule has 2 aromatic heterocycles. The van der Waals surface area contributed by atoms with E-state index in [-0.39, 0.29) is 5.82 Å². The Hall–Kier alpha value is -3.04. The molecule has 0 saturated heterocycles. The minimum Gasteiger partial charge on any atom is -0.382 e. The summed E-state index contributed by atoms with van der Waals surface area (Å²) in [5, 5.41) is 18.6. The van der Waals surface area contributed by atoms with E-state index in [1.165, 1.54) is 0 Å². The SMILES string of the molecule is NC(=O)c1noc(CN2CCn3nc(C(O)c4ccccc4)cc3C2)n1. The average molecular weight is 354 g/mol. The summed E-state index contributed by atoms with van der Waals surface area (Å²) in [5.41, 5.74) is 7.56. The number of aromatic nitrogens is 4. The maximum absolute atomic E-state index is 11.0. The highest BCUT2D eigenvalue weighted by Crippen LogP contribution is 2.24. The molecule has 0 bridgehead atoms. The van der Waals surface area contributed by atoms with Gasteiger partial charge in [-0.25, -0.2) is 0 Å². The van der Waals surface area contributed by atoms with Gasteiger partial charge in [-0.1, -0.05) is 35.5 Å². The molecule has 3 aromatic rings. The predicted octanol–water partition coefficient (Wildman–Crippen LogP) is 0.462. The van der Waals surface area contributed by atoms with Crippen molar-refractivity contribution in [3.05, 3.63) is 65.1 Å². The molecule has 0 saturated carbocycles. The van der Waals surface area contributed by atoms with E-state index < -0.39 is 12.0 Å². The van der Waals surface area contributed by atoms with Crippen LogP contribution in [0.4, 0.5) is 0 Å². The van der Waals surface area contributed by atoms with Crippen LogP contribution in [0.25, 0.3) is 0 Å². The maximum Gasteiger partial charge on any atom is 0.290 e. The summed E-state index contributed by atoms with van der Waals surface area (Å²) >= 11 is 0. The fourth-order valence-electron chi connectivity index (χ4n) is 3.03. The minimum absolute atomic E-state index is 0.115. The monoisotopic (exact) mass is 354 g/mol. The lowest BCUT2D eigenvalue weighted by Crippen LogP contribution is -2.33. The third-order valence-corrected chi connectivity index (χ3v) is 4.34. The Kier molecular flexibility index (Phi) is 4.23. The Bertz CT molecular complexity index is 920. The second-order valence-electron chi connectivity index (χ2n) is 6.18. The van der Waals surface area contributed by atoms with Gasteiger partial charge in [0, 0.05) is 13.1 Å². The number of aliphatic hydroxyl groups excluding tert-OH is 1. The predicted molar refractivity (Wildman–Crippen MR) is 89.7 cm³/mol. The Morgan fingerprint density at radius 3 is 2.85 bits per heavy atom. The van der Waals surface area contributed by atoms with Crippen LogP contribution in [0.15, 0.2) is 40.9 Å². The van der Waals surface area contributed by atoms with Crippen molar-refractivity contribution in [1.29, 1.82) is 0 Å². The van der Waals surface area contributed by atoms with Crippen LogP contribution < -0.4 is 5.73 Å². The fraction of sp³-hybridized carbons (Fsp3) is 0.294. The zero-order valence-corrected chi connectivity index (χ0v) is 13.9. The highest BCUT2D eigenvalue weighted by atomic mass is 16.5. The molecule has 134 valence electrons. The van der Waals surface area contributed by atoms with Crippen molar-refractivity contribution in [2.24, 2.45) is 5.73 Å². The molecule has 0 aliphatic carbocycles. The van der Waals surface area contributed by atoms with Gasteiger partial charge in [0.1, 0.15) is 6.10 Å². The Morgan fingerprint density at radius 1 is 1.31 bits per heavy atom. The van der Waals surface area contributed by atoms with Crippen molar-refractivity contribution in [3.8, 4) is 0 Å². The van der Waals surface area contributed by atoms with Crippen LogP contribution in [0.3, 0.4) is 0 Å². The zero-order valence-electron chi connectivity index (χ0n) is 13.9. The van der Waals surface area contributed by atoms with E-state index in [0.29, 0.717) is 31.2 Å². The van der Waals surface area contributed by atoms with Crippen LogP contribution in [-0.4, -0.2) is 42.4 Å². The van der Waals surface area contributed by atoms with E-state index in [1.54, 1.807) is 0 Å². The largest absolute Gasteiger partial charge is 0.382 e. The number of hydrogen-bond donors (Lipinski definition) is 2. The summed E-state index contributed by atoms with van der Waals surface area (Å²) in [6.45, 7) is 2.47. The van der Waals surface area contributed by atoms with Gasteiger partial charge in [0.05, 0.1) is 24.5 Å². The lowest BCUT2D eigenvalue weighted by molar-refractivity contribution is 0.0987. The molecular formula is C17H18N6O3. The number of rotatable bonds is 5. The normalized spacial score (nSPS) is 15.6. The smallest absolute Gasteiger partial charge is 0.290 e. The van der Waals surface area contributed by atoms with Crippen molar-refractivity contribution in [2.45, 2.75) is 25.7 Å². The molecule has 1 aromatic carbocycles. The van der Waals surface area contributed by atoms with E-state index in [1.807, 2.05) is 41.1 Å². The summed E-state index contributed by atoms with van der Waals surface area (Å²) < 4.78 is 6.96. The highest BCUT2D eigenvalue weighted by Gasteiger charge is 2.23. The first kappa shape index (κ1) is 16.4. The second-order valence-corrected chi connectivity index (χ2v) is 6.18. The molecule has 0 spiro atoms. The van der Waals surface area contributed by atoms with Gasteiger partial charge >= 0.3 is 0 Å². The number of aliphatic hydroxyl groups is 1. The van der Waals surface area contributed by atoms with Crippen LogP contribution >= 0.6 is 0 Å². The molecular weight excluding hydrogens is 336 g/mol. The molecule has 9 nitrogen and oxygen atoms in total. The number of carbonyl (C=O) groups is 1. The first-order valence-electron chi connectivity index (χ1n) is 8.24. The lowest BCUT2D eigenvalue weighted by atomic mass is 10.1. The van der Waals surface area contributed by atoms with Crippen LogP contribution in [0, 0.1) is 0 Å². The standard InChI is InChI=1S/C17H18N6O3/c18-16(25)17-19-14(26-21-17)10-22-6-7-23-12(9-22)8-13(20-23)15(24)11-4-2-1-3-5-11/h1-5,8,15,24H,6-7,9-10H2,(H2,18,25). The minimum atomic E-state index is -0.753. The molecule has 3 N–H and O–H groups in total. The van der Waals surface area contributed by atoms with E-state index >= 15 is 0 Å². The summed E-state index contributed by atoms with van der Waals surface area (Å²) in [7, 11) is 0. The molecule has 0 radical (unpaired) electrons. The number of hydrogen-bond acceptors (Lipinski definition) is 7. The van der Waals surface area contributed by atoms with Crippen molar-refractivity contribution in [1.82, 2.24) is 24.8 Å².